The van der Waals surface area contributed by atoms with Crippen LogP contribution in [0.5, 0.6) is 0 Å². The maximum absolute atomic E-state index is 3.46. The second kappa shape index (κ2) is 8.51. The normalized spacial score (nSPS) is 10.4. The van der Waals surface area contributed by atoms with Gasteiger partial charge in [-0.1, -0.05) is 31.9 Å². The highest BCUT2D eigenvalue weighted by Gasteiger charge is 1.92. The number of aryl methyl sites for hydroxylation is 1. The molecule has 1 aromatic rings. The first-order chi connectivity index (χ1) is 7.83. The number of rotatable bonds is 8. The van der Waals surface area contributed by atoms with Crippen LogP contribution in [0.1, 0.15) is 31.7 Å². The fourth-order valence-corrected chi connectivity index (χ4v) is 2.44. The van der Waals surface area contributed by atoms with Crippen LogP contribution in [0.3, 0.4) is 0 Å². The van der Waals surface area contributed by atoms with E-state index in [2.05, 4.69) is 55.2 Å². The van der Waals surface area contributed by atoms with Gasteiger partial charge in [0, 0.05) is 18.0 Å². The van der Waals surface area contributed by atoms with Crippen LogP contribution in [0.15, 0.2) is 24.3 Å². The summed E-state index contributed by atoms with van der Waals surface area (Å²) in [7, 11) is 0. The van der Waals surface area contributed by atoms with Crippen molar-refractivity contribution >= 4 is 17.4 Å². The molecule has 0 unspecified atom stereocenters. The Balaban J connectivity index is 2.03. The molecule has 1 N–H and O–H groups in total. The van der Waals surface area contributed by atoms with Crippen molar-refractivity contribution in [1.29, 1.82) is 0 Å². The van der Waals surface area contributed by atoms with Crippen molar-refractivity contribution in [2.45, 2.75) is 33.1 Å². The lowest BCUT2D eigenvalue weighted by molar-refractivity contribution is 0.778. The molecule has 0 aromatic heterocycles. The molecular weight excluding hydrogens is 214 g/mol. The van der Waals surface area contributed by atoms with E-state index in [9.17, 15) is 0 Å². The van der Waals surface area contributed by atoms with Crippen LogP contribution in [-0.2, 0) is 0 Å². The minimum atomic E-state index is 1.07. The van der Waals surface area contributed by atoms with E-state index in [4.69, 9.17) is 0 Å². The van der Waals surface area contributed by atoms with E-state index in [-0.39, 0.29) is 0 Å². The van der Waals surface area contributed by atoms with Crippen LogP contribution in [-0.4, -0.2) is 18.1 Å². The number of unbranched alkanes of at least 4 members (excludes halogenated alkanes) is 2. The van der Waals surface area contributed by atoms with Gasteiger partial charge >= 0.3 is 0 Å². The van der Waals surface area contributed by atoms with Crippen LogP contribution < -0.4 is 5.32 Å². The Kier molecular flexibility index (Phi) is 7.15. The molecule has 0 bridgehead atoms. The monoisotopic (exact) mass is 237 g/mol. The molecule has 16 heavy (non-hydrogen) atoms. The number of benzene rings is 1. The third-order valence-electron chi connectivity index (χ3n) is 2.49. The SMILES string of the molecule is CCCCCSCCNc1cccc(C)c1. The standard InChI is InChI=1S/C14H23NS/c1-3-4-5-10-16-11-9-15-14-8-6-7-13(2)12-14/h6-8,12,15H,3-5,9-11H2,1-2H3. The first-order valence-corrected chi connectivity index (χ1v) is 7.36. The molecule has 0 atom stereocenters. The van der Waals surface area contributed by atoms with Gasteiger partial charge in [-0.2, -0.15) is 11.8 Å². The lowest BCUT2D eigenvalue weighted by Crippen LogP contribution is -2.04. The molecule has 0 saturated heterocycles. The Hall–Kier alpha value is -0.630. The smallest absolute Gasteiger partial charge is 0.0343 e. The van der Waals surface area contributed by atoms with Crippen molar-refractivity contribution < 1.29 is 0 Å². The van der Waals surface area contributed by atoms with Gasteiger partial charge in [0.15, 0.2) is 0 Å². The molecular formula is C14H23NS. The van der Waals surface area contributed by atoms with Gasteiger partial charge in [-0.15, -0.1) is 0 Å². The van der Waals surface area contributed by atoms with E-state index in [1.807, 2.05) is 0 Å². The number of hydrogen-bond donors (Lipinski definition) is 1. The minimum Gasteiger partial charge on any atom is -0.384 e. The van der Waals surface area contributed by atoms with E-state index in [0.29, 0.717) is 0 Å². The summed E-state index contributed by atoms with van der Waals surface area (Å²) >= 11 is 2.05. The topological polar surface area (TPSA) is 12.0 Å². The number of anilines is 1. The Labute approximate surface area is 104 Å². The fraction of sp³-hybridized carbons (Fsp3) is 0.571. The van der Waals surface area contributed by atoms with Crippen LogP contribution >= 0.6 is 11.8 Å². The molecule has 0 fully saturated rings. The molecule has 0 spiro atoms. The van der Waals surface area contributed by atoms with Crippen molar-refractivity contribution in [2.24, 2.45) is 0 Å². The number of thioether (sulfide) groups is 1. The summed E-state index contributed by atoms with van der Waals surface area (Å²) in [4.78, 5) is 0. The zero-order valence-corrected chi connectivity index (χ0v) is 11.3. The molecule has 0 amide bonds. The molecule has 0 radical (unpaired) electrons. The predicted molar refractivity (Wildman–Crippen MR) is 76.5 cm³/mol. The third kappa shape index (κ3) is 6.06. The van der Waals surface area contributed by atoms with Crippen molar-refractivity contribution in [1.82, 2.24) is 0 Å². The second-order valence-corrected chi connectivity index (χ2v) is 5.34. The zero-order valence-electron chi connectivity index (χ0n) is 10.5. The molecule has 0 aliphatic rings. The Morgan fingerprint density at radius 3 is 2.81 bits per heavy atom. The van der Waals surface area contributed by atoms with E-state index in [1.165, 1.54) is 42.0 Å². The molecule has 0 saturated carbocycles. The predicted octanol–water partition coefficient (Wildman–Crippen LogP) is 4.33. The summed E-state index contributed by atoms with van der Waals surface area (Å²) in [5.74, 6) is 2.51. The van der Waals surface area contributed by atoms with Gasteiger partial charge in [-0.25, -0.2) is 0 Å². The highest BCUT2D eigenvalue weighted by molar-refractivity contribution is 7.99. The zero-order chi connectivity index (χ0) is 11.6. The molecule has 90 valence electrons. The Morgan fingerprint density at radius 1 is 1.19 bits per heavy atom. The average molecular weight is 237 g/mol. The van der Waals surface area contributed by atoms with Gasteiger partial charge in [0.25, 0.3) is 0 Å². The molecule has 1 rings (SSSR count). The average Bonchev–Trinajstić information content (AvgIpc) is 2.28. The van der Waals surface area contributed by atoms with Gasteiger partial charge in [-0.05, 0) is 36.8 Å². The van der Waals surface area contributed by atoms with Crippen molar-refractivity contribution in [3.63, 3.8) is 0 Å². The molecule has 0 heterocycles. The summed E-state index contributed by atoms with van der Waals surface area (Å²) in [5, 5.41) is 3.46. The highest BCUT2D eigenvalue weighted by atomic mass is 32.2. The van der Waals surface area contributed by atoms with Crippen molar-refractivity contribution in [2.75, 3.05) is 23.4 Å². The van der Waals surface area contributed by atoms with Crippen LogP contribution in [0.25, 0.3) is 0 Å². The van der Waals surface area contributed by atoms with Crippen LogP contribution in [0, 0.1) is 6.92 Å². The molecule has 0 aliphatic heterocycles. The quantitative estimate of drug-likeness (QED) is 0.675. The summed E-state index contributed by atoms with van der Waals surface area (Å²) < 4.78 is 0. The summed E-state index contributed by atoms with van der Waals surface area (Å²) in [6, 6.07) is 8.56. The number of hydrogen-bond acceptors (Lipinski definition) is 2. The third-order valence-corrected chi connectivity index (χ3v) is 3.56. The lowest BCUT2D eigenvalue weighted by atomic mass is 10.2. The fourth-order valence-electron chi connectivity index (χ4n) is 1.58. The van der Waals surface area contributed by atoms with Gasteiger partial charge < -0.3 is 5.32 Å². The first-order valence-electron chi connectivity index (χ1n) is 6.21. The van der Waals surface area contributed by atoms with Gasteiger partial charge in [0.05, 0.1) is 0 Å². The van der Waals surface area contributed by atoms with Crippen molar-refractivity contribution in [3.05, 3.63) is 29.8 Å². The van der Waals surface area contributed by atoms with Gasteiger partial charge in [0.2, 0.25) is 0 Å². The maximum atomic E-state index is 3.46. The Morgan fingerprint density at radius 2 is 2.06 bits per heavy atom. The van der Waals surface area contributed by atoms with E-state index in [0.717, 1.165) is 6.54 Å². The maximum Gasteiger partial charge on any atom is 0.0343 e. The van der Waals surface area contributed by atoms with Crippen LogP contribution in [0.2, 0.25) is 0 Å². The lowest BCUT2D eigenvalue weighted by Gasteiger charge is -2.06. The summed E-state index contributed by atoms with van der Waals surface area (Å²) in [6.45, 7) is 5.45. The highest BCUT2D eigenvalue weighted by Crippen LogP contribution is 2.10. The Bertz CT molecular complexity index is 286. The van der Waals surface area contributed by atoms with E-state index in [1.54, 1.807) is 0 Å². The molecule has 1 nitrogen and oxygen atoms in total. The van der Waals surface area contributed by atoms with Crippen molar-refractivity contribution in [3.8, 4) is 0 Å². The summed E-state index contributed by atoms with van der Waals surface area (Å²) in [6.07, 6.45) is 4.06. The number of nitrogens with one attached hydrogen (secondary N) is 1. The molecule has 0 aliphatic carbocycles. The first kappa shape index (κ1) is 13.4. The van der Waals surface area contributed by atoms with Gasteiger partial charge in [0.1, 0.15) is 0 Å². The van der Waals surface area contributed by atoms with E-state index >= 15 is 0 Å². The van der Waals surface area contributed by atoms with E-state index < -0.39 is 0 Å². The molecule has 1 aromatic carbocycles. The summed E-state index contributed by atoms with van der Waals surface area (Å²) in [5.41, 5.74) is 2.56. The second-order valence-electron chi connectivity index (χ2n) is 4.12. The van der Waals surface area contributed by atoms with Crippen LogP contribution in [0.4, 0.5) is 5.69 Å². The largest absolute Gasteiger partial charge is 0.384 e. The van der Waals surface area contributed by atoms with Gasteiger partial charge in [-0.3, -0.25) is 0 Å². The molecule has 2 heteroatoms. The minimum absolute atomic E-state index is 1.07.